The van der Waals surface area contributed by atoms with Crippen LogP contribution in [0, 0.1) is 11.8 Å². The Balaban J connectivity index is 2.89. The number of rotatable bonds is 5. The van der Waals surface area contributed by atoms with Crippen LogP contribution in [-0.4, -0.2) is 0 Å². The predicted octanol–water partition coefficient (Wildman–Crippen LogP) is 6.54. The minimum Gasteiger partial charge on any atom is -0.0874 e. The zero-order chi connectivity index (χ0) is 15.0. The second kappa shape index (κ2) is 9.17. The molecule has 0 amide bonds. The first-order chi connectivity index (χ1) is 9.62. The summed E-state index contributed by atoms with van der Waals surface area (Å²) in [6, 6.07) is 0. The summed E-state index contributed by atoms with van der Waals surface area (Å²) in [5, 5.41) is 0. The van der Waals surface area contributed by atoms with Gasteiger partial charge in [0.05, 0.1) is 0 Å². The third-order valence-corrected chi connectivity index (χ3v) is 4.04. The van der Waals surface area contributed by atoms with E-state index in [-0.39, 0.29) is 0 Å². The van der Waals surface area contributed by atoms with E-state index in [1.54, 1.807) is 0 Å². The van der Waals surface area contributed by atoms with E-state index in [0.29, 0.717) is 11.8 Å². The van der Waals surface area contributed by atoms with Crippen LogP contribution in [0.2, 0.25) is 0 Å². The maximum absolute atomic E-state index is 2.39. The number of allylic oxidation sites excluding steroid dienone is 11. The van der Waals surface area contributed by atoms with Crippen molar-refractivity contribution in [3.05, 3.63) is 69.4 Å². The van der Waals surface area contributed by atoms with Gasteiger partial charge < -0.3 is 0 Å². The van der Waals surface area contributed by atoms with Gasteiger partial charge in [0, 0.05) is 5.92 Å². The lowest BCUT2D eigenvalue weighted by atomic mass is 9.81. The Bertz CT molecular complexity index is 484. The van der Waals surface area contributed by atoms with E-state index in [2.05, 4.69) is 98.9 Å². The van der Waals surface area contributed by atoms with Gasteiger partial charge in [0.2, 0.25) is 0 Å². The van der Waals surface area contributed by atoms with Crippen LogP contribution in [0.3, 0.4) is 0 Å². The van der Waals surface area contributed by atoms with Crippen LogP contribution in [0.25, 0.3) is 0 Å². The molecule has 1 aliphatic rings. The highest BCUT2D eigenvalue weighted by Crippen LogP contribution is 2.33. The van der Waals surface area contributed by atoms with E-state index in [1.165, 1.54) is 16.7 Å². The topological polar surface area (TPSA) is 0 Å². The first kappa shape index (κ1) is 17.2. The van der Waals surface area contributed by atoms with Crippen molar-refractivity contribution in [3.63, 3.8) is 0 Å². The Morgan fingerprint density at radius 3 is 2.70 bits per heavy atom. The van der Waals surface area contributed by atoms with Crippen molar-refractivity contribution in [2.24, 2.45) is 11.8 Å². The van der Waals surface area contributed by atoms with Crippen LogP contribution >= 0.6 is 22.6 Å². The molecule has 1 rings (SSSR count). The molecule has 0 bridgehead atoms. The van der Waals surface area contributed by atoms with Crippen molar-refractivity contribution in [3.8, 4) is 0 Å². The van der Waals surface area contributed by atoms with Gasteiger partial charge in [-0.2, -0.15) is 0 Å². The summed E-state index contributed by atoms with van der Waals surface area (Å²) in [6.07, 6.45) is 19.0. The second-order valence-corrected chi connectivity index (χ2v) is 5.94. The average molecular weight is 380 g/mol. The second-order valence-electron chi connectivity index (χ2n) is 5.22. The lowest BCUT2D eigenvalue weighted by Gasteiger charge is -2.24. The van der Waals surface area contributed by atoms with Crippen LogP contribution in [-0.2, 0) is 0 Å². The van der Waals surface area contributed by atoms with Crippen LogP contribution in [0.1, 0.15) is 34.1 Å². The minimum absolute atomic E-state index is 0.498. The highest BCUT2D eigenvalue weighted by molar-refractivity contribution is 14.1. The fourth-order valence-corrected chi connectivity index (χ4v) is 2.82. The Kier molecular flexibility index (Phi) is 7.90. The lowest BCUT2D eigenvalue weighted by Crippen LogP contribution is -2.10. The minimum atomic E-state index is 0.498. The standard InChI is InChI=1S/C19H25I/c1-5-9-17(6-2)19-13-15(3)12-18(14-19)16(4)10-7-8-11-20/h5-13,16,19H,14H2,1-4H3/b9-5-,10-7-,11-8-,17-6+/t16-,19?/m0/s1. The van der Waals surface area contributed by atoms with E-state index in [1.807, 2.05) is 4.08 Å². The van der Waals surface area contributed by atoms with Gasteiger partial charge in [-0.3, -0.25) is 0 Å². The van der Waals surface area contributed by atoms with Gasteiger partial charge in [-0.05, 0) is 42.8 Å². The maximum atomic E-state index is 2.39. The van der Waals surface area contributed by atoms with Crippen LogP contribution in [0.4, 0.5) is 0 Å². The van der Waals surface area contributed by atoms with E-state index in [0.717, 1.165) is 6.42 Å². The lowest BCUT2D eigenvalue weighted by molar-refractivity contribution is 0.673. The highest BCUT2D eigenvalue weighted by Gasteiger charge is 2.18. The van der Waals surface area contributed by atoms with E-state index in [9.17, 15) is 0 Å². The first-order valence-corrected chi connectivity index (χ1v) is 8.48. The molecule has 0 aromatic heterocycles. The van der Waals surface area contributed by atoms with E-state index in [4.69, 9.17) is 0 Å². The largest absolute Gasteiger partial charge is 0.0874 e. The summed E-state index contributed by atoms with van der Waals surface area (Å²) >= 11 is 2.25. The molecule has 20 heavy (non-hydrogen) atoms. The Labute approximate surface area is 137 Å². The molecular weight excluding hydrogens is 355 g/mol. The first-order valence-electron chi connectivity index (χ1n) is 7.23. The van der Waals surface area contributed by atoms with Crippen molar-refractivity contribution in [1.82, 2.24) is 0 Å². The molecule has 0 aliphatic heterocycles. The molecule has 0 heterocycles. The van der Waals surface area contributed by atoms with Gasteiger partial charge in [-0.25, -0.2) is 0 Å². The zero-order valence-electron chi connectivity index (χ0n) is 12.9. The van der Waals surface area contributed by atoms with E-state index >= 15 is 0 Å². The molecule has 0 fully saturated rings. The summed E-state index contributed by atoms with van der Waals surface area (Å²) in [5.74, 6) is 1.02. The molecule has 0 saturated heterocycles. The summed E-state index contributed by atoms with van der Waals surface area (Å²) in [6.45, 7) is 8.70. The normalized spacial score (nSPS) is 22.6. The number of hydrogen-bond donors (Lipinski definition) is 0. The molecule has 1 unspecified atom stereocenters. The molecule has 1 aliphatic carbocycles. The summed E-state index contributed by atoms with van der Waals surface area (Å²) in [4.78, 5) is 0. The predicted molar refractivity (Wildman–Crippen MR) is 100.0 cm³/mol. The number of halogens is 1. The molecule has 0 spiro atoms. The molecule has 1 heteroatoms. The van der Waals surface area contributed by atoms with Crippen molar-refractivity contribution in [1.29, 1.82) is 0 Å². The third kappa shape index (κ3) is 5.28. The van der Waals surface area contributed by atoms with Gasteiger partial charge >= 0.3 is 0 Å². The molecule has 0 N–H and O–H groups in total. The van der Waals surface area contributed by atoms with Gasteiger partial charge in [-0.1, -0.05) is 89.3 Å². The van der Waals surface area contributed by atoms with Crippen molar-refractivity contribution >= 4 is 22.6 Å². The highest BCUT2D eigenvalue weighted by atomic mass is 127. The van der Waals surface area contributed by atoms with Gasteiger partial charge in [0.1, 0.15) is 0 Å². The van der Waals surface area contributed by atoms with Gasteiger partial charge in [0.25, 0.3) is 0 Å². The summed E-state index contributed by atoms with van der Waals surface area (Å²) in [7, 11) is 0. The smallest absolute Gasteiger partial charge is 0.00578 e. The molecular formula is C19H25I. The molecule has 0 aromatic rings. The van der Waals surface area contributed by atoms with Crippen molar-refractivity contribution in [2.45, 2.75) is 34.1 Å². The third-order valence-electron chi connectivity index (χ3n) is 3.62. The van der Waals surface area contributed by atoms with Gasteiger partial charge in [0.15, 0.2) is 0 Å². The quantitative estimate of drug-likeness (QED) is 0.375. The fraction of sp³-hybridized carbons (Fsp3) is 0.368. The fourth-order valence-electron chi connectivity index (χ4n) is 2.58. The number of hydrogen-bond acceptors (Lipinski definition) is 0. The Morgan fingerprint density at radius 1 is 1.35 bits per heavy atom. The molecule has 0 nitrogen and oxygen atoms in total. The molecule has 108 valence electrons. The van der Waals surface area contributed by atoms with Crippen LogP contribution in [0.5, 0.6) is 0 Å². The molecule has 0 aromatic carbocycles. The monoisotopic (exact) mass is 380 g/mol. The average Bonchev–Trinajstić information content (AvgIpc) is 2.44. The molecule has 2 atom stereocenters. The SMILES string of the molecule is C/C=C\C(=C/C)C1C=C(C)C=C([C@@H](C)/C=C\C=C/I)C1. The van der Waals surface area contributed by atoms with Crippen LogP contribution < -0.4 is 0 Å². The van der Waals surface area contributed by atoms with Crippen LogP contribution in [0.15, 0.2) is 69.4 Å². The molecule has 0 radical (unpaired) electrons. The zero-order valence-corrected chi connectivity index (χ0v) is 15.1. The Hall–Kier alpha value is -0.830. The Morgan fingerprint density at radius 2 is 2.10 bits per heavy atom. The van der Waals surface area contributed by atoms with Crippen molar-refractivity contribution in [2.75, 3.05) is 0 Å². The van der Waals surface area contributed by atoms with Crippen molar-refractivity contribution < 1.29 is 0 Å². The van der Waals surface area contributed by atoms with Gasteiger partial charge in [-0.15, -0.1) is 0 Å². The maximum Gasteiger partial charge on any atom is 0.00578 e. The summed E-state index contributed by atoms with van der Waals surface area (Å²) < 4.78 is 2.04. The van der Waals surface area contributed by atoms with E-state index < -0.39 is 0 Å². The molecule has 0 saturated carbocycles. The summed E-state index contributed by atoms with van der Waals surface area (Å²) in [5.41, 5.74) is 4.32.